The van der Waals surface area contributed by atoms with E-state index in [0.29, 0.717) is 11.9 Å². The van der Waals surface area contributed by atoms with E-state index in [2.05, 4.69) is 51.8 Å². The fourth-order valence-corrected chi connectivity index (χ4v) is 2.75. The first-order valence-electron chi connectivity index (χ1n) is 7.67. The summed E-state index contributed by atoms with van der Waals surface area (Å²) < 4.78 is 0. The predicted octanol–water partition coefficient (Wildman–Crippen LogP) is 3.36. The zero-order valence-electron chi connectivity index (χ0n) is 12.7. The van der Waals surface area contributed by atoms with Crippen molar-refractivity contribution < 1.29 is 0 Å². The Balaban J connectivity index is 1.62. The summed E-state index contributed by atoms with van der Waals surface area (Å²) >= 11 is 0. The molecule has 110 valence electrons. The van der Waals surface area contributed by atoms with Crippen molar-refractivity contribution in [2.45, 2.75) is 32.6 Å². The van der Waals surface area contributed by atoms with Crippen molar-refractivity contribution in [2.24, 2.45) is 0 Å². The summed E-state index contributed by atoms with van der Waals surface area (Å²) in [7, 11) is 0. The van der Waals surface area contributed by atoms with Gasteiger partial charge in [0.25, 0.3) is 0 Å². The maximum absolute atomic E-state index is 4.52. The summed E-state index contributed by atoms with van der Waals surface area (Å²) in [4.78, 5) is 8.93. The Morgan fingerprint density at radius 1 is 1.19 bits per heavy atom. The van der Waals surface area contributed by atoms with E-state index in [4.69, 9.17) is 0 Å². The molecule has 4 nitrogen and oxygen atoms in total. The molecular formula is C17H22N4. The smallest absolute Gasteiger partial charge is 0.224 e. The van der Waals surface area contributed by atoms with Crippen LogP contribution >= 0.6 is 0 Å². The van der Waals surface area contributed by atoms with Crippen LogP contribution in [0.3, 0.4) is 0 Å². The number of hydrogen-bond donors (Lipinski definition) is 2. The van der Waals surface area contributed by atoms with Gasteiger partial charge in [0.2, 0.25) is 5.95 Å². The minimum absolute atomic E-state index is 0.600. The highest BCUT2D eigenvalue weighted by Crippen LogP contribution is 2.34. The zero-order valence-corrected chi connectivity index (χ0v) is 12.7. The van der Waals surface area contributed by atoms with Crippen LogP contribution < -0.4 is 10.6 Å². The second kappa shape index (κ2) is 6.12. The Morgan fingerprint density at radius 2 is 2.05 bits per heavy atom. The second-order valence-corrected chi connectivity index (χ2v) is 5.63. The summed E-state index contributed by atoms with van der Waals surface area (Å²) in [6, 6.07) is 10.7. The van der Waals surface area contributed by atoms with Gasteiger partial charge in [0.15, 0.2) is 0 Å². The molecular weight excluding hydrogens is 260 g/mol. The molecule has 1 aromatic carbocycles. The van der Waals surface area contributed by atoms with Crippen LogP contribution in [0.25, 0.3) is 0 Å². The number of anilines is 2. The van der Waals surface area contributed by atoms with Gasteiger partial charge in [-0.15, -0.1) is 0 Å². The lowest BCUT2D eigenvalue weighted by molar-refractivity contribution is 0.634. The third kappa shape index (κ3) is 3.15. The molecule has 2 N–H and O–H groups in total. The van der Waals surface area contributed by atoms with Crippen LogP contribution in [0.1, 0.15) is 36.1 Å². The number of rotatable bonds is 6. The number of nitrogens with one attached hydrogen (secondary N) is 2. The van der Waals surface area contributed by atoms with E-state index >= 15 is 0 Å². The van der Waals surface area contributed by atoms with E-state index in [0.717, 1.165) is 37.4 Å². The van der Waals surface area contributed by atoms with Gasteiger partial charge in [0.05, 0.1) is 0 Å². The largest absolute Gasteiger partial charge is 0.369 e. The fraction of sp³-hybridized carbons (Fsp3) is 0.412. The number of benzene rings is 1. The molecule has 4 heteroatoms. The normalized spacial score (nSPS) is 16.0. The van der Waals surface area contributed by atoms with Crippen molar-refractivity contribution >= 4 is 11.8 Å². The fourth-order valence-electron chi connectivity index (χ4n) is 2.75. The molecule has 0 bridgehead atoms. The maximum atomic E-state index is 4.52. The third-order valence-electron chi connectivity index (χ3n) is 3.88. The third-order valence-corrected chi connectivity index (χ3v) is 3.88. The van der Waals surface area contributed by atoms with Crippen molar-refractivity contribution in [3.05, 3.63) is 47.2 Å². The van der Waals surface area contributed by atoms with E-state index in [1.54, 1.807) is 0 Å². The van der Waals surface area contributed by atoms with E-state index in [1.165, 1.54) is 11.1 Å². The van der Waals surface area contributed by atoms with E-state index < -0.39 is 0 Å². The van der Waals surface area contributed by atoms with Crippen LogP contribution in [0, 0.1) is 6.92 Å². The van der Waals surface area contributed by atoms with Gasteiger partial charge in [0, 0.05) is 30.8 Å². The summed E-state index contributed by atoms with van der Waals surface area (Å²) in [6.45, 7) is 5.97. The highest BCUT2D eigenvalue weighted by molar-refractivity contribution is 5.45. The maximum Gasteiger partial charge on any atom is 0.224 e. The summed E-state index contributed by atoms with van der Waals surface area (Å²) in [5, 5.41) is 6.70. The average molecular weight is 282 g/mol. The Morgan fingerprint density at radius 3 is 2.86 bits per heavy atom. The molecule has 21 heavy (non-hydrogen) atoms. The van der Waals surface area contributed by atoms with Gasteiger partial charge < -0.3 is 10.6 Å². The highest BCUT2D eigenvalue weighted by Gasteiger charge is 2.24. The number of aryl methyl sites for hydroxylation is 1. The van der Waals surface area contributed by atoms with Gasteiger partial charge in [-0.25, -0.2) is 4.98 Å². The van der Waals surface area contributed by atoms with Crippen LogP contribution in [0.15, 0.2) is 30.3 Å². The Labute approximate surface area is 126 Å². The monoisotopic (exact) mass is 282 g/mol. The van der Waals surface area contributed by atoms with E-state index in [1.807, 2.05) is 13.0 Å². The van der Waals surface area contributed by atoms with E-state index in [9.17, 15) is 0 Å². The van der Waals surface area contributed by atoms with Crippen LogP contribution in [0.4, 0.5) is 11.8 Å². The number of hydrogen-bond acceptors (Lipinski definition) is 4. The molecule has 1 unspecified atom stereocenters. The van der Waals surface area contributed by atoms with Gasteiger partial charge in [-0.1, -0.05) is 31.2 Å². The molecule has 1 heterocycles. The van der Waals surface area contributed by atoms with Crippen molar-refractivity contribution in [3.8, 4) is 0 Å². The first kappa shape index (κ1) is 13.9. The molecule has 0 saturated carbocycles. The van der Waals surface area contributed by atoms with Crippen molar-refractivity contribution in [1.82, 2.24) is 9.97 Å². The lowest BCUT2D eigenvalue weighted by atomic mass is 9.77. The molecule has 0 radical (unpaired) electrons. The van der Waals surface area contributed by atoms with Crippen molar-refractivity contribution in [3.63, 3.8) is 0 Å². The summed E-state index contributed by atoms with van der Waals surface area (Å²) in [5.74, 6) is 2.22. The van der Waals surface area contributed by atoms with Crippen molar-refractivity contribution in [1.29, 1.82) is 0 Å². The van der Waals surface area contributed by atoms with Gasteiger partial charge >= 0.3 is 0 Å². The quantitative estimate of drug-likeness (QED) is 0.853. The van der Waals surface area contributed by atoms with Gasteiger partial charge in [-0.05, 0) is 30.9 Å². The lowest BCUT2D eigenvalue weighted by Gasteiger charge is -2.30. The summed E-state index contributed by atoms with van der Waals surface area (Å²) in [5.41, 5.74) is 3.94. The lowest BCUT2D eigenvalue weighted by Crippen LogP contribution is -2.24. The van der Waals surface area contributed by atoms with Crippen LogP contribution in [0.5, 0.6) is 0 Å². The SMILES string of the molecule is CCCNc1nc(C)cc(NCC2Cc3ccccc32)n1. The standard InChI is InChI=1S/C17H22N4/c1-3-8-18-17-20-12(2)9-16(21-17)19-11-14-10-13-6-4-5-7-15(13)14/h4-7,9,14H,3,8,10-11H2,1-2H3,(H2,18,19,20,21). The van der Waals surface area contributed by atoms with E-state index in [-0.39, 0.29) is 0 Å². The molecule has 1 aromatic heterocycles. The van der Waals surface area contributed by atoms with Gasteiger partial charge in [-0.2, -0.15) is 4.98 Å². The predicted molar refractivity (Wildman–Crippen MR) is 86.9 cm³/mol. The summed E-state index contributed by atoms with van der Waals surface area (Å²) in [6.07, 6.45) is 2.23. The van der Waals surface area contributed by atoms with Gasteiger partial charge in [-0.3, -0.25) is 0 Å². The zero-order chi connectivity index (χ0) is 14.7. The molecule has 1 aliphatic rings. The highest BCUT2D eigenvalue weighted by atomic mass is 15.1. The Bertz CT molecular complexity index is 624. The number of fused-ring (bicyclic) bond motifs is 1. The molecule has 1 aliphatic carbocycles. The minimum atomic E-state index is 0.600. The molecule has 0 aliphatic heterocycles. The first-order valence-corrected chi connectivity index (χ1v) is 7.67. The molecule has 0 saturated heterocycles. The van der Waals surface area contributed by atoms with Crippen LogP contribution in [-0.4, -0.2) is 23.1 Å². The molecule has 0 fully saturated rings. The Kier molecular flexibility index (Phi) is 4.04. The molecule has 2 aromatic rings. The minimum Gasteiger partial charge on any atom is -0.369 e. The molecule has 1 atom stereocenters. The molecule has 0 amide bonds. The molecule has 3 rings (SSSR count). The molecule has 0 spiro atoms. The number of nitrogens with zero attached hydrogens (tertiary/aromatic N) is 2. The van der Waals surface area contributed by atoms with Crippen LogP contribution in [0.2, 0.25) is 0 Å². The number of aromatic nitrogens is 2. The van der Waals surface area contributed by atoms with Crippen molar-refractivity contribution in [2.75, 3.05) is 23.7 Å². The topological polar surface area (TPSA) is 49.8 Å². The first-order chi connectivity index (χ1) is 10.3. The Hall–Kier alpha value is -2.10. The van der Waals surface area contributed by atoms with Crippen LogP contribution in [-0.2, 0) is 6.42 Å². The average Bonchev–Trinajstić information content (AvgIpc) is 2.45. The second-order valence-electron chi connectivity index (χ2n) is 5.63. The van der Waals surface area contributed by atoms with Gasteiger partial charge in [0.1, 0.15) is 5.82 Å².